The maximum Gasteiger partial charge on any atom is 0.416 e. The Bertz CT molecular complexity index is 753. The third-order valence-corrected chi connectivity index (χ3v) is 3.76. The van der Waals surface area contributed by atoms with Gasteiger partial charge in [0.05, 0.1) is 5.56 Å². The Kier molecular flexibility index (Phi) is 5.49. The fourth-order valence-electron chi connectivity index (χ4n) is 2.48. The molecule has 2 aromatic rings. The number of nitrogens with zero attached hydrogens (tertiary/aromatic N) is 2. The second-order valence-electron chi connectivity index (χ2n) is 6.09. The van der Waals surface area contributed by atoms with Gasteiger partial charge in [0.2, 0.25) is 5.91 Å². The van der Waals surface area contributed by atoms with Gasteiger partial charge in [0.1, 0.15) is 17.7 Å². The smallest absolute Gasteiger partial charge is 0.350 e. The van der Waals surface area contributed by atoms with E-state index in [9.17, 15) is 22.4 Å². The summed E-state index contributed by atoms with van der Waals surface area (Å²) < 4.78 is 53.2. The average molecular weight is 357 g/mol. The normalized spacial score (nSPS) is 13.1. The van der Waals surface area contributed by atoms with Crippen LogP contribution in [0.15, 0.2) is 30.6 Å². The van der Waals surface area contributed by atoms with Crippen molar-refractivity contribution in [1.82, 2.24) is 14.9 Å². The summed E-state index contributed by atoms with van der Waals surface area (Å²) in [4.78, 5) is 16.5. The van der Waals surface area contributed by atoms with E-state index in [1.807, 2.05) is 13.8 Å². The lowest BCUT2D eigenvalue weighted by atomic mass is 10.1. The lowest BCUT2D eigenvalue weighted by Gasteiger charge is -2.18. The summed E-state index contributed by atoms with van der Waals surface area (Å²) in [5, 5.41) is 2.54. The first kappa shape index (κ1) is 19.0. The quantitative estimate of drug-likeness (QED) is 0.821. The average Bonchev–Trinajstić information content (AvgIpc) is 3.00. The van der Waals surface area contributed by atoms with E-state index in [1.165, 1.54) is 0 Å². The van der Waals surface area contributed by atoms with Gasteiger partial charge in [0.15, 0.2) is 0 Å². The van der Waals surface area contributed by atoms with Gasteiger partial charge in [-0.3, -0.25) is 4.79 Å². The van der Waals surface area contributed by atoms with E-state index in [-0.39, 0.29) is 18.0 Å². The Morgan fingerprint density at radius 1 is 1.24 bits per heavy atom. The van der Waals surface area contributed by atoms with Crippen molar-refractivity contribution >= 4 is 5.91 Å². The fourth-order valence-corrected chi connectivity index (χ4v) is 2.48. The molecule has 0 fully saturated rings. The number of rotatable bonds is 5. The third-order valence-electron chi connectivity index (χ3n) is 3.76. The summed E-state index contributed by atoms with van der Waals surface area (Å²) in [7, 11) is 0. The van der Waals surface area contributed by atoms with Gasteiger partial charge in [-0.1, -0.05) is 13.8 Å². The molecule has 8 heteroatoms. The first-order chi connectivity index (χ1) is 11.6. The molecule has 0 saturated carbocycles. The highest BCUT2D eigenvalue weighted by molar-refractivity contribution is 5.80. The number of alkyl halides is 3. The van der Waals surface area contributed by atoms with Crippen LogP contribution < -0.4 is 5.32 Å². The second-order valence-corrected chi connectivity index (χ2v) is 6.09. The highest BCUT2D eigenvalue weighted by atomic mass is 19.4. The van der Waals surface area contributed by atoms with Crippen LogP contribution in [0, 0.1) is 5.82 Å². The maximum absolute atomic E-state index is 13.4. The molecule has 1 aromatic heterocycles. The summed E-state index contributed by atoms with van der Waals surface area (Å²) in [5.41, 5.74) is -1.04. The Morgan fingerprint density at radius 2 is 1.92 bits per heavy atom. The predicted octanol–water partition coefficient (Wildman–Crippen LogP) is 4.04. The van der Waals surface area contributed by atoms with Crippen molar-refractivity contribution in [1.29, 1.82) is 0 Å². The zero-order chi connectivity index (χ0) is 18.8. The van der Waals surface area contributed by atoms with Gasteiger partial charge in [0.25, 0.3) is 0 Å². The van der Waals surface area contributed by atoms with E-state index in [0.717, 1.165) is 18.0 Å². The summed E-state index contributed by atoms with van der Waals surface area (Å²) >= 11 is 0. The van der Waals surface area contributed by atoms with Crippen LogP contribution in [-0.2, 0) is 17.5 Å². The Labute approximate surface area is 142 Å². The third kappa shape index (κ3) is 4.58. The van der Waals surface area contributed by atoms with Crippen LogP contribution in [0.25, 0.3) is 0 Å². The molecule has 4 nitrogen and oxygen atoms in total. The van der Waals surface area contributed by atoms with Crippen molar-refractivity contribution in [3.8, 4) is 0 Å². The van der Waals surface area contributed by atoms with Gasteiger partial charge in [-0.25, -0.2) is 9.37 Å². The molecule has 0 saturated heterocycles. The van der Waals surface area contributed by atoms with Crippen LogP contribution in [0.1, 0.15) is 49.7 Å². The number of carbonyl (C=O) groups is 1. The molecule has 0 aliphatic rings. The van der Waals surface area contributed by atoms with Crippen LogP contribution in [0.3, 0.4) is 0 Å². The van der Waals surface area contributed by atoms with Gasteiger partial charge >= 0.3 is 6.18 Å². The monoisotopic (exact) mass is 357 g/mol. The lowest BCUT2D eigenvalue weighted by Crippen LogP contribution is -2.31. The number of amides is 1. The summed E-state index contributed by atoms with van der Waals surface area (Å²) in [6.07, 6.45) is -1.39. The van der Waals surface area contributed by atoms with Crippen LogP contribution in [0.5, 0.6) is 0 Å². The number of aromatic nitrogens is 2. The molecule has 0 aliphatic carbocycles. The minimum Gasteiger partial charge on any atom is -0.350 e. The number of nitrogens with one attached hydrogen (secondary N) is 1. The van der Waals surface area contributed by atoms with Gasteiger partial charge in [0, 0.05) is 24.9 Å². The van der Waals surface area contributed by atoms with E-state index in [0.29, 0.717) is 6.07 Å². The minimum atomic E-state index is -4.64. The molecule has 1 amide bonds. The Balaban J connectivity index is 2.09. The van der Waals surface area contributed by atoms with Gasteiger partial charge in [-0.15, -0.1) is 0 Å². The zero-order valence-corrected chi connectivity index (χ0v) is 14.1. The molecule has 25 heavy (non-hydrogen) atoms. The number of hydrogen-bond donors (Lipinski definition) is 1. The largest absolute Gasteiger partial charge is 0.416 e. The van der Waals surface area contributed by atoms with E-state index in [2.05, 4.69) is 10.3 Å². The van der Waals surface area contributed by atoms with Gasteiger partial charge in [-0.05, 0) is 30.7 Å². The molecule has 136 valence electrons. The standard InChI is InChI=1S/C17H19F4N3O/c1-10(2)15-22-4-5-24(15)11(3)16(25)23-9-12-6-13(17(19,20)21)8-14(18)7-12/h4-8,10-11H,9H2,1-3H3,(H,23,25)/t11-/m1/s1. The highest BCUT2D eigenvalue weighted by Crippen LogP contribution is 2.30. The van der Waals surface area contributed by atoms with Crippen molar-refractivity contribution < 1.29 is 22.4 Å². The summed E-state index contributed by atoms with van der Waals surface area (Å²) in [5.74, 6) is -0.544. The van der Waals surface area contributed by atoms with Gasteiger partial charge in [-0.2, -0.15) is 13.2 Å². The molecule has 1 heterocycles. The molecule has 1 aromatic carbocycles. The van der Waals surface area contributed by atoms with Crippen LogP contribution >= 0.6 is 0 Å². The van der Waals surface area contributed by atoms with Crippen LogP contribution in [0.4, 0.5) is 17.6 Å². The van der Waals surface area contributed by atoms with Crippen molar-refractivity contribution in [3.05, 3.63) is 53.4 Å². The fraction of sp³-hybridized carbons (Fsp3) is 0.412. The molecule has 1 atom stereocenters. The second kappa shape index (κ2) is 7.25. The van der Waals surface area contributed by atoms with Crippen LogP contribution in [0.2, 0.25) is 0 Å². The van der Waals surface area contributed by atoms with Crippen molar-refractivity contribution in [2.24, 2.45) is 0 Å². The number of hydrogen-bond acceptors (Lipinski definition) is 2. The molecule has 0 unspecified atom stereocenters. The maximum atomic E-state index is 13.4. The molecule has 1 N–H and O–H groups in total. The molecule has 0 radical (unpaired) electrons. The summed E-state index contributed by atoms with van der Waals surface area (Å²) in [6, 6.07) is 1.63. The molecule has 2 rings (SSSR count). The van der Waals surface area contributed by atoms with E-state index < -0.39 is 29.5 Å². The predicted molar refractivity (Wildman–Crippen MR) is 84.3 cm³/mol. The topological polar surface area (TPSA) is 46.9 Å². The molecule has 0 spiro atoms. The highest BCUT2D eigenvalue weighted by Gasteiger charge is 2.31. The first-order valence-electron chi connectivity index (χ1n) is 7.76. The molecule has 0 bridgehead atoms. The van der Waals surface area contributed by atoms with E-state index >= 15 is 0 Å². The Morgan fingerprint density at radius 3 is 2.52 bits per heavy atom. The van der Waals surface area contributed by atoms with Crippen molar-refractivity contribution in [3.63, 3.8) is 0 Å². The Hall–Kier alpha value is -2.38. The van der Waals surface area contributed by atoms with E-state index in [1.54, 1.807) is 23.9 Å². The SMILES string of the molecule is CC(C)c1nccn1[C@H](C)C(=O)NCc1cc(F)cc(C(F)(F)F)c1. The minimum absolute atomic E-state index is 0.0441. The van der Waals surface area contributed by atoms with Crippen molar-refractivity contribution in [2.45, 2.75) is 45.5 Å². The van der Waals surface area contributed by atoms with Gasteiger partial charge < -0.3 is 9.88 Å². The summed E-state index contributed by atoms with van der Waals surface area (Å²) in [6.45, 7) is 5.34. The molecular formula is C17H19F4N3O. The zero-order valence-electron chi connectivity index (χ0n) is 14.1. The lowest BCUT2D eigenvalue weighted by molar-refractivity contribution is -0.137. The van der Waals surface area contributed by atoms with Crippen molar-refractivity contribution in [2.75, 3.05) is 0 Å². The number of benzene rings is 1. The number of carbonyl (C=O) groups excluding carboxylic acids is 1. The molecular weight excluding hydrogens is 338 g/mol. The van der Waals surface area contributed by atoms with Crippen LogP contribution in [-0.4, -0.2) is 15.5 Å². The number of halogens is 4. The first-order valence-corrected chi connectivity index (χ1v) is 7.76. The molecule has 0 aliphatic heterocycles. The van der Waals surface area contributed by atoms with E-state index in [4.69, 9.17) is 0 Å². The number of imidazole rings is 1.